The quantitative estimate of drug-likeness (QED) is 0.535. The number of thiocarbonyl (C=S) groups is 1. The Hall–Kier alpha value is -2.40. The lowest BCUT2D eigenvalue weighted by atomic mass is 10.1. The average molecular weight is 371 g/mol. The van der Waals surface area contributed by atoms with E-state index < -0.39 is 0 Å². The van der Waals surface area contributed by atoms with Crippen LogP contribution in [0.2, 0.25) is 0 Å². The van der Waals surface area contributed by atoms with Crippen molar-refractivity contribution in [3.63, 3.8) is 0 Å². The van der Waals surface area contributed by atoms with Gasteiger partial charge in [0, 0.05) is 12.1 Å². The lowest BCUT2D eigenvalue weighted by Crippen LogP contribution is -2.38. The van der Waals surface area contributed by atoms with Crippen LogP contribution in [0.25, 0.3) is 0 Å². The van der Waals surface area contributed by atoms with Crippen LogP contribution < -0.4 is 15.4 Å². The summed E-state index contributed by atoms with van der Waals surface area (Å²) in [5.74, 6) is 0.543. The summed E-state index contributed by atoms with van der Waals surface area (Å²) in [5.41, 5.74) is 2.87. The van der Waals surface area contributed by atoms with Crippen LogP contribution in [0.1, 0.15) is 47.7 Å². The lowest BCUT2D eigenvalue weighted by molar-refractivity contribution is 0.0976. The first kappa shape index (κ1) is 19.9. The topological polar surface area (TPSA) is 50.4 Å². The standard InChI is InChI=1S/C21H26N2O2S/c1-3-4-5-14-25-19-12-10-18(11-13-19)20(24)23-21(26)22-15-17-8-6-16(2)7-9-17/h6-13H,3-5,14-15H2,1-2H3,(H2,22,23,24,26). The Labute approximate surface area is 161 Å². The maximum atomic E-state index is 12.2. The molecule has 0 aliphatic heterocycles. The number of ether oxygens (including phenoxy) is 1. The van der Waals surface area contributed by atoms with E-state index in [-0.39, 0.29) is 5.91 Å². The van der Waals surface area contributed by atoms with E-state index in [0.717, 1.165) is 24.2 Å². The summed E-state index contributed by atoms with van der Waals surface area (Å²) in [6.07, 6.45) is 3.37. The SMILES string of the molecule is CCCCCOc1ccc(C(=O)NC(=S)NCc2ccc(C)cc2)cc1. The third kappa shape index (κ3) is 6.84. The van der Waals surface area contributed by atoms with E-state index in [1.807, 2.05) is 43.3 Å². The van der Waals surface area contributed by atoms with Crippen molar-refractivity contribution >= 4 is 23.2 Å². The second-order valence-corrected chi connectivity index (χ2v) is 6.61. The molecule has 0 aliphatic carbocycles. The molecule has 2 aromatic carbocycles. The van der Waals surface area contributed by atoms with Crippen molar-refractivity contribution in [2.75, 3.05) is 6.61 Å². The molecule has 0 radical (unpaired) electrons. The van der Waals surface area contributed by atoms with Gasteiger partial charge in [0.2, 0.25) is 0 Å². The number of carbonyl (C=O) groups excluding carboxylic acids is 1. The van der Waals surface area contributed by atoms with E-state index >= 15 is 0 Å². The van der Waals surface area contributed by atoms with E-state index in [2.05, 4.69) is 17.6 Å². The Morgan fingerprint density at radius 2 is 1.73 bits per heavy atom. The number of rotatable bonds is 8. The fourth-order valence-corrected chi connectivity index (χ4v) is 2.52. The van der Waals surface area contributed by atoms with Crippen LogP contribution in [0, 0.1) is 6.92 Å². The van der Waals surface area contributed by atoms with Crippen LogP contribution in [0.15, 0.2) is 48.5 Å². The molecule has 0 atom stereocenters. The van der Waals surface area contributed by atoms with E-state index in [1.54, 1.807) is 12.1 Å². The minimum absolute atomic E-state index is 0.232. The van der Waals surface area contributed by atoms with Gasteiger partial charge < -0.3 is 10.1 Å². The summed E-state index contributed by atoms with van der Waals surface area (Å²) in [6.45, 7) is 5.48. The minimum atomic E-state index is -0.232. The Morgan fingerprint density at radius 3 is 2.38 bits per heavy atom. The first-order valence-corrected chi connectivity index (χ1v) is 9.37. The van der Waals surface area contributed by atoms with E-state index in [9.17, 15) is 4.79 Å². The molecule has 0 saturated carbocycles. The number of unbranched alkanes of at least 4 members (excludes halogenated alkanes) is 2. The average Bonchev–Trinajstić information content (AvgIpc) is 2.65. The second-order valence-electron chi connectivity index (χ2n) is 6.20. The lowest BCUT2D eigenvalue weighted by Gasteiger charge is -2.10. The molecular weight excluding hydrogens is 344 g/mol. The molecule has 0 spiro atoms. The van der Waals surface area contributed by atoms with Crippen LogP contribution in [0.5, 0.6) is 5.75 Å². The van der Waals surface area contributed by atoms with Crippen LogP contribution in [-0.4, -0.2) is 17.6 Å². The number of amides is 1. The Balaban J connectivity index is 1.77. The predicted octanol–water partition coefficient (Wildman–Crippen LogP) is 4.37. The molecule has 0 heterocycles. The van der Waals surface area contributed by atoms with Gasteiger partial charge in [0.25, 0.3) is 5.91 Å². The zero-order valence-electron chi connectivity index (χ0n) is 15.4. The van der Waals surface area contributed by atoms with Gasteiger partial charge in [-0.2, -0.15) is 0 Å². The molecule has 0 fully saturated rings. The number of benzene rings is 2. The molecule has 1 amide bonds. The van der Waals surface area contributed by atoms with Gasteiger partial charge in [-0.15, -0.1) is 0 Å². The van der Waals surface area contributed by atoms with Crippen molar-refractivity contribution in [2.24, 2.45) is 0 Å². The number of hydrogen-bond donors (Lipinski definition) is 2. The van der Waals surface area contributed by atoms with Gasteiger partial charge in [-0.25, -0.2) is 0 Å². The molecule has 2 rings (SSSR count). The zero-order valence-corrected chi connectivity index (χ0v) is 16.2. The summed E-state index contributed by atoms with van der Waals surface area (Å²) in [6, 6.07) is 15.3. The summed E-state index contributed by atoms with van der Waals surface area (Å²) in [4.78, 5) is 12.2. The van der Waals surface area contributed by atoms with Gasteiger partial charge in [-0.05, 0) is 55.4 Å². The summed E-state index contributed by atoms with van der Waals surface area (Å²) in [5, 5.41) is 6.06. The van der Waals surface area contributed by atoms with E-state index in [0.29, 0.717) is 23.8 Å². The Bertz CT molecular complexity index is 712. The van der Waals surface area contributed by atoms with Gasteiger partial charge in [0.15, 0.2) is 5.11 Å². The largest absolute Gasteiger partial charge is 0.494 e. The molecule has 5 heteroatoms. The normalized spacial score (nSPS) is 10.2. The van der Waals surface area contributed by atoms with Gasteiger partial charge in [-0.1, -0.05) is 49.6 Å². The van der Waals surface area contributed by atoms with Crippen molar-refractivity contribution in [3.8, 4) is 5.75 Å². The van der Waals surface area contributed by atoms with Gasteiger partial charge in [-0.3, -0.25) is 10.1 Å². The molecule has 0 unspecified atom stereocenters. The number of aryl methyl sites for hydroxylation is 1. The molecule has 4 nitrogen and oxygen atoms in total. The summed E-state index contributed by atoms with van der Waals surface area (Å²) in [7, 11) is 0. The first-order valence-electron chi connectivity index (χ1n) is 8.96. The van der Waals surface area contributed by atoms with Crippen molar-refractivity contribution in [1.82, 2.24) is 10.6 Å². The fraction of sp³-hybridized carbons (Fsp3) is 0.333. The van der Waals surface area contributed by atoms with Crippen LogP contribution in [-0.2, 0) is 6.54 Å². The van der Waals surface area contributed by atoms with Crippen molar-refractivity contribution in [3.05, 3.63) is 65.2 Å². The highest BCUT2D eigenvalue weighted by atomic mass is 32.1. The minimum Gasteiger partial charge on any atom is -0.494 e. The summed E-state index contributed by atoms with van der Waals surface area (Å²) >= 11 is 5.20. The van der Waals surface area contributed by atoms with Crippen LogP contribution in [0.3, 0.4) is 0 Å². The molecule has 2 aromatic rings. The number of carbonyl (C=O) groups is 1. The third-order valence-corrected chi connectivity index (χ3v) is 4.18. The third-order valence-electron chi connectivity index (χ3n) is 3.93. The van der Waals surface area contributed by atoms with Gasteiger partial charge in [0.1, 0.15) is 5.75 Å². The molecule has 138 valence electrons. The molecule has 0 aromatic heterocycles. The van der Waals surface area contributed by atoms with Crippen LogP contribution in [0.4, 0.5) is 0 Å². The van der Waals surface area contributed by atoms with E-state index in [4.69, 9.17) is 17.0 Å². The number of nitrogens with one attached hydrogen (secondary N) is 2. The highest BCUT2D eigenvalue weighted by Crippen LogP contribution is 2.13. The second kappa shape index (κ2) is 10.6. The number of hydrogen-bond acceptors (Lipinski definition) is 3. The first-order chi connectivity index (χ1) is 12.6. The molecule has 2 N–H and O–H groups in total. The smallest absolute Gasteiger partial charge is 0.257 e. The molecular formula is C21H26N2O2S. The molecule has 0 bridgehead atoms. The maximum absolute atomic E-state index is 12.2. The van der Waals surface area contributed by atoms with Crippen molar-refractivity contribution in [1.29, 1.82) is 0 Å². The van der Waals surface area contributed by atoms with Crippen LogP contribution >= 0.6 is 12.2 Å². The van der Waals surface area contributed by atoms with Crippen molar-refractivity contribution in [2.45, 2.75) is 39.7 Å². The maximum Gasteiger partial charge on any atom is 0.257 e. The molecule has 26 heavy (non-hydrogen) atoms. The monoisotopic (exact) mass is 370 g/mol. The van der Waals surface area contributed by atoms with Gasteiger partial charge >= 0.3 is 0 Å². The molecule has 0 aliphatic rings. The molecule has 0 saturated heterocycles. The van der Waals surface area contributed by atoms with Gasteiger partial charge in [0.05, 0.1) is 6.61 Å². The zero-order chi connectivity index (χ0) is 18.8. The Morgan fingerprint density at radius 1 is 1.04 bits per heavy atom. The van der Waals surface area contributed by atoms with E-state index in [1.165, 1.54) is 12.0 Å². The predicted molar refractivity (Wildman–Crippen MR) is 110 cm³/mol. The highest BCUT2D eigenvalue weighted by molar-refractivity contribution is 7.80. The Kier molecular flexibility index (Phi) is 8.09. The van der Waals surface area contributed by atoms with Crippen molar-refractivity contribution < 1.29 is 9.53 Å². The highest BCUT2D eigenvalue weighted by Gasteiger charge is 2.08. The fourth-order valence-electron chi connectivity index (χ4n) is 2.35. The summed E-state index contributed by atoms with van der Waals surface area (Å²) < 4.78 is 5.65.